The van der Waals surface area contributed by atoms with Crippen LogP contribution in [0.2, 0.25) is 5.02 Å². The van der Waals surface area contributed by atoms with Gasteiger partial charge in [0.2, 0.25) is 0 Å². The number of ether oxygens (including phenoxy) is 1. The Balaban J connectivity index is 3.18. The SMILES string of the molecule is CCOC(=O)c1ccc(Cl)c(N)c1SC. The Labute approximate surface area is 97.9 Å². The molecule has 0 spiro atoms. The number of halogens is 1. The Morgan fingerprint density at radius 1 is 1.60 bits per heavy atom. The van der Waals surface area contributed by atoms with Crippen LogP contribution in [0.3, 0.4) is 0 Å². The molecule has 0 bridgehead atoms. The lowest BCUT2D eigenvalue weighted by Crippen LogP contribution is -2.07. The third-order valence-corrected chi connectivity index (χ3v) is 3.02. The lowest BCUT2D eigenvalue weighted by molar-refractivity contribution is 0.0522. The summed E-state index contributed by atoms with van der Waals surface area (Å²) < 4.78 is 4.91. The van der Waals surface area contributed by atoms with Gasteiger partial charge in [0.05, 0.1) is 22.9 Å². The lowest BCUT2D eigenvalue weighted by atomic mass is 10.2. The number of carbonyl (C=O) groups excluding carboxylic acids is 1. The van der Waals surface area contributed by atoms with Crippen molar-refractivity contribution in [2.24, 2.45) is 0 Å². The van der Waals surface area contributed by atoms with Crippen LogP contribution < -0.4 is 5.73 Å². The summed E-state index contributed by atoms with van der Waals surface area (Å²) in [6, 6.07) is 3.23. The van der Waals surface area contributed by atoms with E-state index < -0.39 is 0 Å². The van der Waals surface area contributed by atoms with Gasteiger partial charge in [-0.1, -0.05) is 11.6 Å². The predicted octanol–water partition coefficient (Wildman–Crippen LogP) is 2.82. The number of hydrogen-bond acceptors (Lipinski definition) is 4. The fraction of sp³-hybridized carbons (Fsp3) is 0.300. The van der Waals surface area contributed by atoms with Crippen LogP contribution in [0.5, 0.6) is 0 Å². The zero-order valence-corrected chi connectivity index (χ0v) is 10.1. The number of rotatable bonds is 3. The first kappa shape index (κ1) is 12.2. The van der Waals surface area contributed by atoms with E-state index in [1.165, 1.54) is 11.8 Å². The van der Waals surface area contributed by atoms with Crippen molar-refractivity contribution >= 4 is 35.0 Å². The standard InChI is InChI=1S/C10H12ClNO2S/c1-3-14-10(13)6-4-5-7(11)8(12)9(6)15-2/h4-5H,3,12H2,1-2H3. The number of anilines is 1. The maximum Gasteiger partial charge on any atom is 0.339 e. The van der Waals surface area contributed by atoms with Crippen LogP contribution in [0.1, 0.15) is 17.3 Å². The first-order chi connectivity index (χ1) is 7.11. The quantitative estimate of drug-likeness (QED) is 0.506. The number of esters is 1. The number of thioether (sulfide) groups is 1. The Bertz CT molecular complexity index is 382. The van der Waals surface area contributed by atoms with Crippen LogP contribution >= 0.6 is 23.4 Å². The van der Waals surface area contributed by atoms with E-state index in [1.54, 1.807) is 19.1 Å². The molecule has 2 N–H and O–H groups in total. The molecule has 0 radical (unpaired) electrons. The van der Waals surface area contributed by atoms with Crippen LogP contribution in [0, 0.1) is 0 Å². The van der Waals surface area contributed by atoms with Crippen LogP contribution in [-0.4, -0.2) is 18.8 Å². The minimum atomic E-state index is -0.370. The molecule has 15 heavy (non-hydrogen) atoms. The van der Waals surface area contributed by atoms with Crippen molar-refractivity contribution in [2.45, 2.75) is 11.8 Å². The average molecular weight is 246 g/mol. The molecule has 0 aliphatic carbocycles. The minimum absolute atomic E-state index is 0.342. The summed E-state index contributed by atoms with van der Waals surface area (Å²) in [7, 11) is 0. The molecule has 0 atom stereocenters. The molecule has 1 aromatic rings. The Hall–Kier alpha value is -0.870. The van der Waals surface area contributed by atoms with Crippen molar-refractivity contribution in [1.82, 2.24) is 0 Å². The number of nitrogens with two attached hydrogens (primary N) is 1. The van der Waals surface area contributed by atoms with E-state index in [0.29, 0.717) is 27.8 Å². The molecular formula is C10H12ClNO2S. The van der Waals surface area contributed by atoms with E-state index in [2.05, 4.69) is 0 Å². The molecule has 0 saturated heterocycles. The second kappa shape index (κ2) is 5.28. The zero-order valence-electron chi connectivity index (χ0n) is 8.54. The van der Waals surface area contributed by atoms with Gasteiger partial charge in [-0.2, -0.15) is 0 Å². The fourth-order valence-corrected chi connectivity index (χ4v) is 2.08. The highest BCUT2D eigenvalue weighted by Gasteiger charge is 2.15. The van der Waals surface area contributed by atoms with Gasteiger partial charge in [0.15, 0.2) is 0 Å². The van der Waals surface area contributed by atoms with E-state index in [-0.39, 0.29) is 5.97 Å². The van der Waals surface area contributed by atoms with Gasteiger partial charge < -0.3 is 10.5 Å². The molecule has 82 valence electrons. The summed E-state index contributed by atoms with van der Waals surface area (Å²) in [5.74, 6) is -0.370. The molecule has 0 fully saturated rings. The first-order valence-corrected chi connectivity index (χ1v) is 6.01. The fourth-order valence-electron chi connectivity index (χ4n) is 1.17. The highest BCUT2D eigenvalue weighted by molar-refractivity contribution is 7.98. The molecule has 0 saturated carbocycles. The minimum Gasteiger partial charge on any atom is -0.462 e. The summed E-state index contributed by atoms with van der Waals surface area (Å²) >= 11 is 7.24. The van der Waals surface area contributed by atoms with Crippen molar-refractivity contribution in [3.8, 4) is 0 Å². The van der Waals surface area contributed by atoms with Crippen molar-refractivity contribution in [1.29, 1.82) is 0 Å². The lowest BCUT2D eigenvalue weighted by Gasteiger charge is -2.10. The number of benzene rings is 1. The Kier molecular flexibility index (Phi) is 4.29. The summed E-state index contributed by atoms with van der Waals surface area (Å²) in [6.45, 7) is 2.10. The van der Waals surface area contributed by atoms with Gasteiger partial charge in [-0.15, -0.1) is 11.8 Å². The molecule has 0 heterocycles. The molecular weight excluding hydrogens is 234 g/mol. The van der Waals surface area contributed by atoms with E-state index in [1.807, 2.05) is 6.26 Å². The van der Waals surface area contributed by atoms with Gasteiger partial charge >= 0.3 is 5.97 Å². The molecule has 5 heteroatoms. The highest BCUT2D eigenvalue weighted by atomic mass is 35.5. The molecule has 0 amide bonds. The summed E-state index contributed by atoms with van der Waals surface area (Å²) in [4.78, 5) is 12.2. The zero-order chi connectivity index (χ0) is 11.4. The Morgan fingerprint density at radius 2 is 2.27 bits per heavy atom. The van der Waals surface area contributed by atoms with Gasteiger partial charge in [-0.3, -0.25) is 0 Å². The second-order valence-corrected chi connectivity index (χ2v) is 3.99. The molecule has 1 aromatic carbocycles. The smallest absolute Gasteiger partial charge is 0.339 e. The predicted molar refractivity (Wildman–Crippen MR) is 63.6 cm³/mol. The third kappa shape index (κ3) is 2.58. The van der Waals surface area contributed by atoms with Crippen LogP contribution in [-0.2, 0) is 4.74 Å². The molecule has 0 aliphatic rings. The maximum absolute atomic E-state index is 11.6. The topological polar surface area (TPSA) is 52.3 Å². The molecule has 0 aliphatic heterocycles. The largest absolute Gasteiger partial charge is 0.462 e. The number of hydrogen-bond donors (Lipinski definition) is 1. The monoisotopic (exact) mass is 245 g/mol. The number of carbonyl (C=O) groups is 1. The van der Waals surface area contributed by atoms with Gasteiger partial charge in [0.25, 0.3) is 0 Å². The first-order valence-electron chi connectivity index (χ1n) is 4.40. The molecule has 3 nitrogen and oxygen atoms in total. The van der Waals surface area contributed by atoms with Gasteiger partial charge in [0.1, 0.15) is 0 Å². The summed E-state index contributed by atoms with van der Waals surface area (Å²) in [6.07, 6.45) is 1.84. The molecule has 0 aromatic heterocycles. The van der Waals surface area contributed by atoms with Crippen LogP contribution in [0.15, 0.2) is 17.0 Å². The van der Waals surface area contributed by atoms with Crippen molar-refractivity contribution < 1.29 is 9.53 Å². The second-order valence-electron chi connectivity index (χ2n) is 2.76. The van der Waals surface area contributed by atoms with Crippen molar-refractivity contribution in [3.05, 3.63) is 22.7 Å². The van der Waals surface area contributed by atoms with Crippen molar-refractivity contribution in [2.75, 3.05) is 18.6 Å². The average Bonchev–Trinajstić information content (AvgIpc) is 2.22. The van der Waals surface area contributed by atoms with Gasteiger partial charge in [-0.25, -0.2) is 4.79 Å². The molecule has 1 rings (SSSR count). The van der Waals surface area contributed by atoms with E-state index in [0.717, 1.165) is 0 Å². The van der Waals surface area contributed by atoms with E-state index >= 15 is 0 Å². The van der Waals surface area contributed by atoms with E-state index in [9.17, 15) is 4.79 Å². The maximum atomic E-state index is 11.6. The highest BCUT2D eigenvalue weighted by Crippen LogP contribution is 2.33. The molecule has 0 unspecified atom stereocenters. The van der Waals surface area contributed by atoms with Crippen LogP contribution in [0.25, 0.3) is 0 Å². The number of nitrogen functional groups attached to an aromatic ring is 1. The third-order valence-electron chi connectivity index (χ3n) is 1.84. The normalized spacial score (nSPS) is 10.1. The van der Waals surface area contributed by atoms with Crippen LogP contribution in [0.4, 0.5) is 5.69 Å². The Morgan fingerprint density at radius 3 is 2.80 bits per heavy atom. The van der Waals surface area contributed by atoms with Gasteiger partial charge in [0, 0.05) is 4.90 Å². The van der Waals surface area contributed by atoms with Crippen molar-refractivity contribution in [3.63, 3.8) is 0 Å². The summed E-state index contributed by atoms with van der Waals surface area (Å²) in [5, 5.41) is 0.451. The summed E-state index contributed by atoms with van der Waals surface area (Å²) in [5.41, 5.74) is 6.66. The van der Waals surface area contributed by atoms with Gasteiger partial charge in [-0.05, 0) is 25.3 Å². The van der Waals surface area contributed by atoms with E-state index in [4.69, 9.17) is 22.1 Å².